The van der Waals surface area contributed by atoms with Crippen molar-refractivity contribution < 1.29 is 22.7 Å². The Morgan fingerprint density at radius 3 is 2.44 bits per heavy atom. The van der Waals surface area contributed by atoms with Crippen molar-refractivity contribution in [2.24, 2.45) is 5.92 Å². The van der Waals surface area contributed by atoms with E-state index in [1.807, 2.05) is 0 Å². The first-order valence-electron chi connectivity index (χ1n) is 9.30. The predicted octanol–water partition coefficient (Wildman–Crippen LogP) is 2.41. The molecule has 0 radical (unpaired) electrons. The second kappa shape index (κ2) is 8.28. The number of amides is 1. The molecule has 0 spiro atoms. The van der Waals surface area contributed by atoms with Crippen LogP contribution in [0.5, 0.6) is 0 Å². The van der Waals surface area contributed by atoms with E-state index in [0.717, 1.165) is 42.5 Å². The molecule has 1 aromatic rings. The van der Waals surface area contributed by atoms with Crippen molar-refractivity contribution in [2.45, 2.75) is 44.9 Å². The summed E-state index contributed by atoms with van der Waals surface area (Å²) in [7, 11) is -1.86. The predicted molar refractivity (Wildman–Crippen MR) is 105 cm³/mol. The summed E-state index contributed by atoms with van der Waals surface area (Å²) in [5.41, 5.74) is 1.52. The van der Waals surface area contributed by atoms with Crippen molar-refractivity contribution in [3.8, 4) is 0 Å². The van der Waals surface area contributed by atoms with Crippen molar-refractivity contribution in [3.05, 3.63) is 16.0 Å². The van der Waals surface area contributed by atoms with E-state index < -0.39 is 16.0 Å². The molecule has 1 fully saturated rings. The highest BCUT2D eigenvalue weighted by molar-refractivity contribution is 7.88. The van der Waals surface area contributed by atoms with Crippen LogP contribution < -0.4 is 5.32 Å². The lowest BCUT2D eigenvalue weighted by atomic mass is 9.97. The van der Waals surface area contributed by atoms with Gasteiger partial charge in [0.2, 0.25) is 15.9 Å². The van der Waals surface area contributed by atoms with Crippen LogP contribution >= 0.6 is 11.3 Å². The van der Waals surface area contributed by atoms with E-state index in [1.54, 1.807) is 0 Å². The molecule has 0 aromatic carbocycles. The van der Waals surface area contributed by atoms with Gasteiger partial charge in [-0.1, -0.05) is 6.42 Å². The SMILES string of the molecule is COC(=O)c1c(NC(=O)C2CCN(S(C)(=O)=O)CC2)sc2c1CCCCC2. The zero-order valence-corrected chi connectivity index (χ0v) is 17.4. The summed E-state index contributed by atoms with van der Waals surface area (Å²) in [5.74, 6) is -0.809. The van der Waals surface area contributed by atoms with E-state index in [1.165, 1.54) is 29.0 Å². The van der Waals surface area contributed by atoms with Crippen molar-refractivity contribution in [2.75, 3.05) is 31.8 Å². The summed E-state index contributed by atoms with van der Waals surface area (Å²) < 4.78 is 29.6. The molecular weight excluding hydrogens is 388 g/mol. The number of piperidine rings is 1. The second-order valence-corrected chi connectivity index (χ2v) is 10.3. The van der Waals surface area contributed by atoms with Gasteiger partial charge in [-0.3, -0.25) is 4.79 Å². The zero-order valence-electron chi connectivity index (χ0n) is 15.7. The van der Waals surface area contributed by atoms with Crippen molar-refractivity contribution >= 4 is 38.2 Å². The number of sulfonamides is 1. The number of nitrogens with zero attached hydrogens (tertiary/aromatic N) is 1. The van der Waals surface area contributed by atoms with E-state index in [-0.39, 0.29) is 11.8 Å². The number of esters is 1. The molecule has 1 N–H and O–H groups in total. The quantitative estimate of drug-likeness (QED) is 0.603. The van der Waals surface area contributed by atoms with E-state index >= 15 is 0 Å². The number of fused-ring (bicyclic) bond motifs is 1. The highest BCUT2D eigenvalue weighted by Crippen LogP contribution is 2.38. The van der Waals surface area contributed by atoms with Crippen molar-refractivity contribution in [1.82, 2.24) is 4.31 Å². The number of hydrogen-bond donors (Lipinski definition) is 1. The number of anilines is 1. The molecule has 150 valence electrons. The molecule has 2 aliphatic rings. The molecule has 27 heavy (non-hydrogen) atoms. The zero-order chi connectivity index (χ0) is 19.6. The molecule has 1 amide bonds. The number of carbonyl (C=O) groups excluding carboxylic acids is 2. The Bertz CT molecular complexity index is 823. The van der Waals surface area contributed by atoms with Crippen LogP contribution in [0.2, 0.25) is 0 Å². The van der Waals surface area contributed by atoms with Gasteiger partial charge in [-0.05, 0) is 44.1 Å². The second-order valence-electron chi connectivity index (χ2n) is 7.19. The first-order chi connectivity index (χ1) is 12.8. The topological polar surface area (TPSA) is 92.8 Å². The van der Waals surface area contributed by atoms with Crippen LogP contribution in [0.4, 0.5) is 5.00 Å². The molecule has 0 atom stereocenters. The number of methoxy groups -OCH3 is 1. The highest BCUT2D eigenvalue weighted by atomic mass is 32.2. The maximum atomic E-state index is 12.7. The van der Waals surface area contributed by atoms with Crippen LogP contribution in [0, 0.1) is 5.92 Å². The fourth-order valence-corrected chi connectivity index (χ4v) is 5.97. The Kier molecular flexibility index (Phi) is 6.22. The largest absolute Gasteiger partial charge is 0.465 e. The number of thiophene rings is 1. The van der Waals surface area contributed by atoms with Crippen LogP contribution in [0.25, 0.3) is 0 Å². The summed E-state index contributed by atoms with van der Waals surface area (Å²) in [4.78, 5) is 26.3. The number of ether oxygens (including phenoxy) is 1. The Morgan fingerprint density at radius 2 is 1.81 bits per heavy atom. The molecule has 1 aliphatic carbocycles. The van der Waals surface area contributed by atoms with Crippen LogP contribution in [0.3, 0.4) is 0 Å². The fraction of sp³-hybridized carbons (Fsp3) is 0.667. The van der Waals surface area contributed by atoms with Crippen LogP contribution in [0.15, 0.2) is 0 Å². The highest BCUT2D eigenvalue weighted by Gasteiger charge is 2.31. The Hall–Kier alpha value is -1.45. The van der Waals surface area contributed by atoms with Gasteiger partial charge in [0.1, 0.15) is 5.00 Å². The molecule has 3 rings (SSSR count). The lowest BCUT2D eigenvalue weighted by molar-refractivity contribution is -0.120. The third-order valence-electron chi connectivity index (χ3n) is 5.34. The van der Waals surface area contributed by atoms with Crippen molar-refractivity contribution in [3.63, 3.8) is 0 Å². The van der Waals surface area contributed by atoms with Gasteiger partial charge in [0.15, 0.2) is 0 Å². The normalized spacial score (nSPS) is 19.2. The number of hydrogen-bond acceptors (Lipinski definition) is 6. The summed E-state index contributed by atoms with van der Waals surface area (Å²) >= 11 is 1.48. The molecule has 1 saturated heterocycles. The Balaban J connectivity index is 1.75. The maximum absolute atomic E-state index is 12.7. The molecule has 1 aromatic heterocycles. The first-order valence-corrected chi connectivity index (χ1v) is 12.0. The average molecular weight is 415 g/mol. The molecule has 0 saturated carbocycles. The van der Waals surface area contributed by atoms with Gasteiger partial charge in [0.05, 0.1) is 18.9 Å². The summed E-state index contributed by atoms with van der Waals surface area (Å²) in [6.07, 6.45) is 7.18. The summed E-state index contributed by atoms with van der Waals surface area (Å²) in [5, 5.41) is 3.51. The van der Waals surface area contributed by atoms with Gasteiger partial charge in [0, 0.05) is 23.9 Å². The first kappa shape index (κ1) is 20.3. The van der Waals surface area contributed by atoms with Gasteiger partial charge < -0.3 is 10.1 Å². The molecule has 2 heterocycles. The Labute approximate surface area is 164 Å². The lowest BCUT2D eigenvalue weighted by Gasteiger charge is -2.29. The average Bonchev–Trinajstić information content (AvgIpc) is 2.81. The molecule has 1 aliphatic heterocycles. The van der Waals surface area contributed by atoms with Crippen molar-refractivity contribution in [1.29, 1.82) is 0 Å². The number of carbonyl (C=O) groups is 2. The molecular formula is C18H26N2O5S2. The third-order valence-corrected chi connectivity index (χ3v) is 7.85. The third kappa shape index (κ3) is 4.52. The smallest absolute Gasteiger partial charge is 0.341 e. The molecule has 7 nitrogen and oxygen atoms in total. The van der Waals surface area contributed by atoms with Crippen LogP contribution in [0.1, 0.15) is 52.9 Å². The molecule has 9 heteroatoms. The molecule has 0 unspecified atom stereocenters. The minimum atomic E-state index is -3.22. The minimum Gasteiger partial charge on any atom is -0.465 e. The number of nitrogens with one attached hydrogen (secondary N) is 1. The Morgan fingerprint density at radius 1 is 1.15 bits per heavy atom. The van der Waals surface area contributed by atoms with Gasteiger partial charge in [0.25, 0.3) is 0 Å². The number of aryl methyl sites for hydroxylation is 1. The summed E-state index contributed by atoms with van der Waals surface area (Å²) in [6, 6.07) is 0. The van der Waals surface area contributed by atoms with E-state index in [9.17, 15) is 18.0 Å². The van der Waals surface area contributed by atoms with Crippen LogP contribution in [-0.2, 0) is 32.4 Å². The fourth-order valence-electron chi connectivity index (χ4n) is 3.81. The molecule has 0 bridgehead atoms. The minimum absolute atomic E-state index is 0.148. The standard InChI is InChI=1S/C18H26N2O5S2/c1-25-18(22)15-13-6-4-3-5-7-14(13)26-17(15)19-16(21)12-8-10-20(11-9-12)27(2,23)24/h12H,3-11H2,1-2H3,(H,19,21). The van der Waals surface area contributed by atoms with Gasteiger partial charge in [-0.15, -0.1) is 11.3 Å². The van der Waals surface area contributed by atoms with E-state index in [2.05, 4.69) is 5.32 Å². The van der Waals surface area contributed by atoms with Crippen LogP contribution in [-0.4, -0.2) is 51.1 Å². The lowest BCUT2D eigenvalue weighted by Crippen LogP contribution is -2.40. The van der Waals surface area contributed by atoms with Gasteiger partial charge in [-0.2, -0.15) is 0 Å². The maximum Gasteiger partial charge on any atom is 0.341 e. The number of rotatable bonds is 4. The van der Waals surface area contributed by atoms with E-state index in [4.69, 9.17) is 4.74 Å². The summed E-state index contributed by atoms with van der Waals surface area (Å²) in [6.45, 7) is 0.698. The van der Waals surface area contributed by atoms with Gasteiger partial charge >= 0.3 is 5.97 Å². The van der Waals surface area contributed by atoms with E-state index in [0.29, 0.717) is 36.5 Å². The van der Waals surface area contributed by atoms with Gasteiger partial charge in [-0.25, -0.2) is 17.5 Å². The monoisotopic (exact) mass is 414 g/mol.